The first-order valence-electron chi connectivity index (χ1n) is 8.56. The van der Waals surface area contributed by atoms with Gasteiger partial charge in [-0.25, -0.2) is 9.59 Å². The molecule has 0 saturated heterocycles. The average Bonchev–Trinajstić information content (AvgIpc) is 3.03. The van der Waals surface area contributed by atoms with Crippen molar-refractivity contribution in [2.24, 2.45) is 10.9 Å². The summed E-state index contributed by atoms with van der Waals surface area (Å²) in [5.74, 6) is -0.489. The second kappa shape index (κ2) is 8.64. The molecular weight excluding hydrogens is 350 g/mol. The van der Waals surface area contributed by atoms with Crippen molar-refractivity contribution in [2.75, 3.05) is 14.2 Å². The fourth-order valence-electron chi connectivity index (χ4n) is 3.32. The Bertz CT molecular complexity index is 849. The van der Waals surface area contributed by atoms with Crippen molar-refractivity contribution in [3.05, 3.63) is 33.9 Å². The number of benzene rings is 1. The zero-order valence-electron chi connectivity index (χ0n) is 16.2. The van der Waals surface area contributed by atoms with E-state index in [1.54, 1.807) is 6.92 Å². The Morgan fingerprint density at radius 2 is 2.11 bits per heavy atom. The highest BCUT2D eigenvalue weighted by atomic mass is 16.5. The second-order valence-electron chi connectivity index (χ2n) is 6.50. The van der Waals surface area contributed by atoms with Crippen LogP contribution < -0.4 is 4.74 Å². The van der Waals surface area contributed by atoms with Crippen molar-refractivity contribution in [2.45, 2.75) is 40.2 Å². The topological polar surface area (TPSA) is 91.3 Å². The third kappa shape index (κ3) is 4.09. The Balaban J connectivity index is 2.47. The summed E-state index contributed by atoms with van der Waals surface area (Å²) in [7, 11) is 2.89. The number of fused-ring (bicyclic) bond motifs is 1. The zero-order chi connectivity index (χ0) is 20.1. The first kappa shape index (κ1) is 20.4. The number of rotatable bonds is 7. The second-order valence-corrected chi connectivity index (χ2v) is 6.50. The molecule has 0 fully saturated rings. The summed E-state index contributed by atoms with van der Waals surface area (Å²) in [4.78, 5) is 38.5. The monoisotopic (exact) mass is 373 g/mol. The summed E-state index contributed by atoms with van der Waals surface area (Å²) in [6.45, 7) is 5.67. The lowest BCUT2D eigenvalue weighted by Gasteiger charge is -2.16. The highest BCUT2D eigenvalue weighted by Crippen LogP contribution is 2.42. The maximum Gasteiger partial charge on any atom is 0.341 e. The average molecular weight is 373 g/mol. The van der Waals surface area contributed by atoms with Gasteiger partial charge in [-0.15, -0.1) is 0 Å². The molecule has 27 heavy (non-hydrogen) atoms. The Morgan fingerprint density at radius 1 is 1.41 bits per heavy atom. The van der Waals surface area contributed by atoms with Crippen LogP contribution >= 0.6 is 0 Å². The number of nitrogens with zero attached hydrogens (tertiary/aromatic N) is 1. The predicted molar refractivity (Wildman–Crippen MR) is 97.9 cm³/mol. The number of ether oxygens (including phenoxy) is 3. The zero-order valence-corrected chi connectivity index (χ0v) is 16.2. The smallest absolute Gasteiger partial charge is 0.341 e. The molecule has 7 nitrogen and oxygen atoms in total. The van der Waals surface area contributed by atoms with Crippen LogP contribution in [0.4, 0.5) is 5.69 Å². The molecule has 1 heterocycles. The van der Waals surface area contributed by atoms with E-state index in [1.165, 1.54) is 20.3 Å². The van der Waals surface area contributed by atoms with E-state index in [9.17, 15) is 14.4 Å². The van der Waals surface area contributed by atoms with E-state index in [0.717, 1.165) is 11.1 Å². The van der Waals surface area contributed by atoms with Crippen molar-refractivity contribution in [1.82, 2.24) is 0 Å². The van der Waals surface area contributed by atoms with Crippen LogP contribution in [0.5, 0.6) is 5.75 Å². The molecule has 1 aliphatic rings. The van der Waals surface area contributed by atoms with Gasteiger partial charge < -0.3 is 14.2 Å². The lowest BCUT2D eigenvalue weighted by Crippen LogP contribution is -2.12. The number of allylic oxidation sites excluding steroid dienone is 2. The minimum absolute atomic E-state index is 0.129. The summed E-state index contributed by atoms with van der Waals surface area (Å²) in [5.41, 5.74) is 3.56. The van der Waals surface area contributed by atoms with Crippen LogP contribution in [-0.4, -0.2) is 32.2 Å². The summed E-state index contributed by atoms with van der Waals surface area (Å²) >= 11 is 0. The number of carbonyl (C=O) groups excluding carboxylic acids is 3. The Labute approximate surface area is 158 Å². The van der Waals surface area contributed by atoms with Gasteiger partial charge in [-0.2, -0.15) is 4.99 Å². The molecule has 0 bridgehead atoms. The van der Waals surface area contributed by atoms with E-state index in [0.29, 0.717) is 35.3 Å². The minimum Gasteiger partial charge on any atom is -0.496 e. The molecule has 1 aliphatic heterocycles. The molecule has 1 unspecified atom stereocenters. The first-order chi connectivity index (χ1) is 12.8. The van der Waals surface area contributed by atoms with E-state index in [1.807, 2.05) is 19.9 Å². The summed E-state index contributed by atoms with van der Waals surface area (Å²) in [6, 6.07) is 0. The van der Waals surface area contributed by atoms with Gasteiger partial charge in [0.25, 0.3) is 0 Å². The maximum absolute atomic E-state index is 12.1. The number of cyclic esters (lactones) is 1. The van der Waals surface area contributed by atoms with Crippen LogP contribution in [0.25, 0.3) is 0 Å². The normalized spacial score (nSPS) is 14.1. The number of esters is 2. The third-order valence-corrected chi connectivity index (χ3v) is 4.69. The van der Waals surface area contributed by atoms with Gasteiger partial charge in [0, 0.05) is 11.1 Å². The van der Waals surface area contributed by atoms with Crippen LogP contribution in [0.2, 0.25) is 0 Å². The Morgan fingerprint density at radius 3 is 2.70 bits per heavy atom. The minimum atomic E-state index is -0.508. The van der Waals surface area contributed by atoms with Gasteiger partial charge in [0.1, 0.15) is 12.4 Å². The highest BCUT2D eigenvalue weighted by molar-refractivity contribution is 6.01. The number of aliphatic imine (C=N–C) groups is 1. The molecule has 1 atom stereocenters. The van der Waals surface area contributed by atoms with Crippen LogP contribution in [0.1, 0.15) is 47.3 Å². The SMILES string of the molecule is COC(=O)C(C)C/C(C)=C/Cc1c(N=C=O)c2c(c(C)c1OC)COC2=O. The summed E-state index contributed by atoms with van der Waals surface area (Å²) < 4.78 is 15.4. The van der Waals surface area contributed by atoms with Gasteiger partial charge in [0.05, 0.1) is 31.4 Å². The van der Waals surface area contributed by atoms with Gasteiger partial charge in [-0.05, 0) is 32.3 Å². The van der Waals surface area contributed by atoms with Gasteiger partial charge in [-0.3, -0.25) is 4.79 Å². The van der Waals surface area contributed by atoms with Gasteiger partial charge >= 0.3 is 11.9 Å². The van der Waals surface area contributed by atoms with E-state index in [2.05, 4.69) is 4.99 Å². The van der Waals surface area contributed by atoms with Crippen LogP contribution in [0.15, 0.2) is 16.6 Å². The molecular formula is C20H23NO6. The number of hydrogen-bond donors (Lipinski definition) is 0. The first-order valence-corrected chi connectivity index (χ1v) is 8.56. The number of hydrogen-bond acceptors (Lipinski definition) is 7. The van der Waals surface area contributed by atoms with Crippen LogP contribution in [-0.2, 0) is 32.1 Å². The highest BCUT2D eigenvalue weighted by Gasteiger charge is 2.32. The fraction of sp³-hybridized carbons (Fsp3) is 0.450. The molecule has 0 spiro atoms. The van der Waals surface area contributed by atoms with Gasteiger partial charge in [0.2, 0.25) is 6.08 Å². The summed E-state index contributed by atoms with van der Waals surface area (Å²) in [6.07, 6.45) is 4.36. The lowest BCUT2D eigenvalue weighted by atomic mass is 9.93. The van der Waals surface area contributed by atoms with Crippen LogP contribution in [0.3, 0.4) is 0 Å². The number of carbonyl (C=O) groups is 2. The Hall–Kier alpha value is -2.92. The molecule has 0 aromatic heterocycles. The standard InChI is InChI=1S/C20H23NO6/c1-11(8-12(2)19(23)26-5)6-7-14-17(21-10-22)16-15(9-27-20(16)24)13(3)18(14)25-4/h6,12H,7-9H2,1-5H3/b11-6+. The van der Waals surface area contributed by atoms with Gasteiger partial charge in [-0.1, -0.05) is 18.6 Å². The number of methoxy groups -OCH3 is 2. The van der Waals surface area contributed by atoms with E-state index >= 15 is 0 Å². The van der Waals surface area contributed by atoms with Crippen molar-refractivity contribution in [1.29, 1.82) is 0 Å². The number of isocyanates is 1. The molecule has 2 rings (SSSR count). The molecule has 0 radical (unpaired) electrons. The molecule has 7 heteroatoms. The molecule has 144 valence electrons. The van der Waals surface area contributed by atoms with E-state index in [-0.39, 0.29) is 24.2 Å². The van der Waals surface area contributed by atoms with E-state index < -0.39 is 5.97 Å². The third-order valence-electron chi connectivity index (χ3n) is 4.69. The molecule has 1 aromatic carbocycles. The van der Waals surface area contributed by atoms with Crippen molar-refractivity contribution in [3.63, 3.8) is 0 Å². The molecule has 0 amide bonds. The molecule has 0 N–H and O–H groups in total. The fourth-order valence-corrected chi connectivity index (χ4v) is 3.32. The van der Waals surface area contributed by atoms with Crippen molar-refractivity contribution < 1.29 is 28.6 Å². The quantitative estimate of drug-likeness (QED) is 0.315. The maximum atomic E-state index is 12.1. The van der Waals surface area contributed by atoms with Gasteiger partial charge in [0.15, 0.2) is 0 Å². The largest absolute Gasteiger partial charge is 0.496 e. The molecule has 0 saturated carbocycles. The molecule has 0 aliphatic carbocycles. The van der Waals surface area contributed by atoms with Crippen LogP contribution in [0, 0.1) is 12.8 Å². The predicted octanol–water partition coefficient (Wildman–Crippen LogP) is 3.33. The summed E-state index contributed by atoms with van der Waals surface area (Å²) in [5, 5.41) is 0. The van der Waals surface area contributed by atoms with Crippen molar-refractivity contribution >= 4 is 23.7 Å². The Kier molecular flexibility index (Phi) is 6.53. The molecule has 1 aromatic rings. The van der Waals surface area contributed by atoms with E-state index in [4.69, 9.17) is 14.2 Å². The lowest BCUT2D eigenvalue weighted by molar-refractivity contribution is -0.144. The van der Waals surface area contributed by atoms with Crippen molar-refractivity contribution in [3.8, 4) is 5.75 Å².